The van der Waals surface area contributed by atoms with Crippen molar-refractivity contribution in [3.8, 4) is 5.82 Å². The van der Waals surface area contributed by atoms with Gasteiger partial charge in [-0.2, -0.15) is 5.10 Å². The molecule has 1 atom stereocenters. The van der Waals surface area contributed by atoms with E-state index in [9.17, 15) is 9.59 Å². The quantitative estimate of drug-likeness (QED) is 0.312. The number of Topliss-reactive ketones (excluding diaryl/α,β-unsaturated/α-hetero) is 1. The van der Waals surface area contributed by atoms with Crippen LogP contribution < -0.4 is 5.32 Å². The molecule has 0 aliphatic rings. The van der Waals surface area contributed by atoms with E-state index in [1.807, 2.05) is 62.4 Å². The predicted octanol–water partition coefficient (Wildman–Crippen LogP) is 4.95. The Balaban J connectivity index is 1.58. The number of carbonyl (C=O) groups excluding carboxylic acids is 2. The van der Waals surface area contributed by atoms with Crippen molar-refractivity contribution in [1.29, 1.82) is 0 Å². The Kier molecular flexibility index (Phi) is 6.65. The molecule has 4 aromatic rings. The zero-order valence-electron chi connectivity index (χ0n) is 18.5. The van der Waals surface area contributed by atoms with E-state index >= 15 is 0 Å². The molecule has 2 heterocycles. The Bertz CT molecular complexity index is 1290. The van der Waals surface area contributed by atoms with Crippen molar-refractivity contribution in [2.75, 3.05) is 5.32 Å². The van der Waals surface area contributed by atoms with Gasteiger partial charge in [0.1, 0.15) is 10.3 Å². The minimum Gasteiger partial charge on any atom is -0.325 e. The first-order valence-electron chi connectivity index (χ1n) is 10.4. The van der Waals surface area contributed by atoms with E-state index in [4.69, 9.17) is 0 Å². The summed E-state index contributed by atoms with van der Waals surface area (Å²) in [6.45, 7) is 5.38. The fraction of sp³-hybridized carbons (Fsp3) is 0.160. The van der Waals surface area contributed by atoms with Gasteiger partial charge in [-0.05, 0) is 56.7 Å². The molecule has 1 unspecified atom stereocenters. The van der Waals surface area contributed by atoms with Crippen LogP contribution in [0.1, 0.15) is 39.5 Å². The third-order valence-electron chi connectivity index (χ3n) is 4.97. The molecule has 1 N–H and O–H groups in total. The number of rotatable bonds is 7. The van der Waals surface area contributed by atoms with Crippen molar-refractivity contribution in [2.45, 2.75) is 31.0 Å². The number of carbonyl (C=O) groups is 2. The molecule has 0 bridgehead atoms. The third-order valence-corrected chi connectivity index (χ3v) is 6.15. The molecule has 0 aliphatic carbocycles. The van der Waals surface area contributed by atoms with Crippen molar-refractivity contribution in [2.24, 2.45) is 0 Å². The highest BCUT2D eigenvalue weighted by atomic mass is 32.2. The van der Waals surface area contributed by atoms with Gasteiger partial charge in [0.25, 0.3) is 0 Å². The molecule has 0 saturated heterocycles. The third kappa shape index (κ3) is 5.35. The smallest absolute Gasteiger partial charge is 0.242 e. The second kappa shape index (κ2) is 9.79. The lowest BCUT2D eigenvalue weighted by Gasteiger charge is -2.17. The van der Waals surface area contributed by atoms with Crippen molar-refractivity contribution in [3.63, 3.8) is 0 Å². The minimum absolute atomic E-state index is 0.0574. The second-order valence-corrected chi connectivity index (χ2v) is 8.73. The van der Waals surface area contributed by atoms with Crippen LogP contribution in [0.15, 0.2) is 77.8 Å². The topological polar surface area (TPSA) is 89.8 Å². The molecule has 0 spiro atoms. The SMILES string of the molecule is CC(=O)c1cccc(NC(=O)C(Sc2ccc(-n3nc(C)cc3C)nn2)c2ccccc2)c1. The van der Waals surface area contributed by atoms with Gasteiger partial charge in [-0.1, -0.05) is 54.2 Å². The van der Waals surface area contributed by atoms with Gasteiger partial charge in [-0.3, -0.25) is 9.59 Å². The molecule has 0 aliphatic heterocycles. The van der Waals surface area contributed by atoms with E-state index < -0.39 is 5.25 Å². The standard InChI is InChI=1S/C25H23N5O2S/c1-16-14-17(2)30(29-16)22-12-13-23(28-27-22)33-24(19-8-5-4-6-9-19)25(32)26-21-11-7-10-20(15-21)18(3)31/h4-15,24H,1-3H3,(H,26,32). The van der Waals surface area contributed by atoms with Crippen LogP contribution in [0, 0.1) is 13.8 Å². The normalized spacial score (nSPS) is 11.7. The largest absolute Gasteiger partial charge is 0.325 e. The lowest BCUT2D eigenvalue weighted by atomic mass is 10.1. The van der Waals surface area contributed by atoms with Crippen LogP contribution in [-0.4, -0.2) is 31.7 Å². The molecule has 2 aromatic carbocycles. The van der Waals surface area contributed by atoms with E-state index in [0.29, 0.717) is 22.1 Å². The fourth-order valence-corrected chi connectivity index (χ4v) is 4.33. The lowest BCUT2D eigenvalue weighted by Crippen LogP contribution is -2.19. The monoisotopic (exact) mass is 457 g/mol. The number of benzene rings is 2. The number of anilines is 1. The van der Waals surface area contributed by atoms with Crippen LogP contribution in [0.3, 0.4) is 0 Å². The van der Waals surface area contributed by atoms with Crippen molar-refractivity contribution >= 4 is 29.1 Å². The van der Waals surface area contributed by atoms with Crippen LogP contribution >= 0.6 is 11.8 Å². The highest BCUT2D eigenvalue weighted by molar-refractivity contribution is 8.00. The number of nitrogens with one attached hydrogen (secondary N) is 1. The molecular weight excluding hydrogens is 434 g/mol. The molecule has 166 valence electrons. The summed E-state index contributed by atoms with van der Waals surface area (Å²) < 4.78 is 1.74. The summed E-state index contributed by atoms with van der Waals surface area (Å²) in [6.07, 6.45) is 0. The molecule has 0 radical (unpaired) electrons. The number of nitrogens with zero attached hydrogens (tertiary/aromatic N) is 4. The summed E-state index contributed by atoms with van der Waals surface area (Å²) in [5.41, 5.74) is 3.83. The highest BCUT2D eigenvalue weighted by Crippen LogP contribution is 2.35. The summed E-state index contributed by atoms with van der Waals surface area (Å²) >= 11 is 1.31. The van der Waals surface area contributed by atoms with Crippen molar-refractivity contribution in [3.05, 3.63) is 95.3 Å². The number of aryl methyl sites for hydroxylation is 2. The first-order chi connectivity index (χ1) is 15.9. The van der Waals surface area contributed by atoms with Gasteiger partial charge < -0.3 is 5.32 Å². The van der Waals surface area contributed by atoms with Gasteiger partial charge in [0.2, 0.25) is 5.91 Å². The predicted molar refractivity (Wildman–Crippen MR) is 129 cm³/mol. The summed E-state index contributed by atoms with van der Waals surface area (Å²) in [5.74, 6) is 0.348. The Hall–Kier alpha value is -3.78. The Morgan fingerprint density at radius 3 is 2.36 bits per heavy atom. The zero-order valence-corrected chi connectivity index (χ0v) is 19.3. The molecule has 7 nitrogen and oxygen atoms in total. The van der Waals surface area contributed by atoms with E-state index in [0.717, 1.165) is 17.0 Å². The van der Waals surface area contributed by atoms with E-state index in [1.165, 1.54) is 18.7 Å². The first kappa shape index (κ1) is 22.4. The number of aromatic nitrogens is 4. The average molecular weight is 458 g/mol. The molecule has 8 heteroatoms. The number of hydrogen-bond acceptors (Lipinski definition) is 6. The van der Waals surface area contributed by atoms with Gasteiger partial charge in [0, 0.05) is 16.9 Å². The molecule has 2 aromatic heterocycles. The summed E-state index contributed by atoms with van der Waals surface area (Å²) in [4.78, 5) is 24.9. The number of ketones is 1. The molecule has 0 fully saturated rings. The van der Waals surface area contributed by atoms with Crippen LogP contribution in [0.2, 0.25) is 0 Å². The van der Waals surface area contributed by atoms with Crippen LogP contribution in [-0.2, 0) is 4.79 Å². The summed E-state index contributed by atoms with van der Waals surface area (Å²) in [7, 11) is 0. The van der Waals surface area contributed by atoms with Crippen molar-refractivity contribution < 1.29 is 9.59 Å². The Labute approximate surface area is 196 Å². The van der Waals surface area contributed by atoms with E-state index in [-0.39, 0.29) is 11.7 Å². The van der Waals surface area contributed by atoms with E-state index in [2.05, 4.69) is 20.6 Å². The molecule has 33 heavy (non-hydrogen) atoms. The maximum Gasteiger partial charge on any atom is 0.242 e. The van der Waals surface area contributed by atoms with E-state index in [1.54, 1.807) is 28.9 Å². The van der Waals surface area contributed by atoms with Gasteiger partial charge in [-0.25, -0.2) is 4.68 Å². The highest BCUT2D eigenvalue weighted by Gasteiger charge is 2.23. The van der Waals surface area contributed by atoms with Crippen LogP contribution in [0.5, 0.6) is 0 Å². The van der Waals surface area contributed by atoms with Crippen LogP contribution in [0.4, 0.5) is 5.69 Å². The van der Waals surface area contributed by atoms with Gasteiger partial charge in [0.15, 0.2) is 11.6 Å². The number of thioether (sulfide) groups is 1. The molecule has 0 saturated carbocycles. The van der Waals surface area contributed by atoms with Gasteiger partial charge in [0.05, 0.1) is 5.69 Å². The summed E-state index contributed by atoms with van der Waals surface area (Å²) in [5, 5.41) is 16.0. The first-order valence-corrected chi connectivity index (χ1v) is 11.3. The maximum absolute atomic E-state index is 13.3. The lowest BCUT2D eigenvalue weighted by molar-refractivity contribution is -0.115. The van der Waals surface area contributed by atoms with Gasteiger partial charge in [-0.15, -0.1) is 10.2 Å². The molecular formula is C25H23N5O2S. The fourth-order valence-electron chi connectivity index (χ4n) is 3.39. The van der Waals surface area contributed by atoms with Crippen LogP contribution in [0.25, 0.3) is 5.82 Å². The maximum atomic E-state index is 13.3. The van der Waals surface area contributed by atoms with Gasteiger partial charge >= 0.3 is 0 Å². The Morgan fingerprint density at radius 1 is 0.939 bits per heavy atom. The average Bonchev–Trinajstić information content (AvgIpc) is 3.16. The Morgan fingerprint density at radius 2 is 1.73 bits per heavy atom. The zero-order chi connectivity index (χ0) is 23.4. The molecule has 1 amide bonds. The second-order valence-electron chi connectivity index (χ2n) is 7.60. The number of amides is 1. The van der Waals surface area contributed by atoms with Crippen molar-refractivity contribution in [1.82, 2.24) is 20.0 Å². The number of hydrogen-bond donors (Lipinski definition) is 1. The molecule has 4 rings (SSSR count). The summed E-state index contributed by atoms with van der Waals surface area (Å²) in [6, 6.07) is 22.1. The minimum atomic E-state index is -0.555.